The summed E-state index contributed by atoms with van der Waals surface area (Å²) in [6.45, 7) is 0. The molecule has 11 heteroatoms. The SMILES string of the molecule is COc1ccc(/C=C2\C(=O)NC(=O)N(c3cc(C(F)(F)F)ccc3Cl)C2=O)cc1Br. The number of ether oxygens (including phenoxy) is 1. The van der Waals surface area contributed by atoms with Gasteiger partial charge in [-0.05, 0) is 57.9 Å². The summed E-state index contributed by atoms with van der Waals surface area (Å²) in [7, 11) is 1.46. The average molecular weight is 504 g/mol. The highest BCUT2D eigenvalue weighted by atomic mass is 79.9. The fraction of sp³-hybridized carbons (Fsp3) is 0.105. The summed E-state index contributed by atoms with van der Waals surface area (Å²) in [6.07, 6.45) is -3.53. The summed E-state index contributed by atoms with van der Waals surface area (Å²) in [5.74, 6) is -1.60. The van der Waals surface area contributed by atoms with Crippen molar-refractivity contribution < 1.29 is 32.3 Å². The van der Waals surface area contributed by atoms with E-state index in [2.05, 4.69) is 15.9 Å². The third kappa shape index (κ3) is 4.19. The standard InChI is InChI=1S/C19H11BrClF3N2O4/c1-30-15-5-2-9(7-12(15)20)6-11-16(27)25-18(29)26(17(11)28)14-8-10(19(22,23)24)3-4-13(14)21/h2-8H,1H3,(H,25,27,29)/b11-6+. The summed E-state index contributed by atoms with van der Waals surface area (Å²) < 4.78 is 44.8. The summed E-state index contributed by atoms with van der Waals surface area (Å²) in [4.78, 5) is 37.7. The molecule has 0 saturated carbocycles. The van der Waals surface area contributed by atoms with Crippen LogP contribution in [0.15, 0.2) is 46.4 Å². The lowest BCUT2D eigenvalue weighted by molar-refractivity contribution is -0.137. The minimum absolute atomic E-state index is 0.271. The van der Waals surface area contributed by atoms with E-state index in [4.69, 9.17) is 16.3 Å². The van der Waals surface area contributed by atoms with Crippen LogP contribution in [0.2, 0.25) is 5.02 Å². The lowest BCUT2D eigenvalue weighted by atomic mass is 10.1. The van der Waals surface area contributed by atoms with E-state index < -0.39 is 40.8 Å². The van der Waals surface area contributed by atoms with Crippen LogP contribution in [0, 0.1) is 0 Å². The first kappa shape index (κ1) is 21.8. The number of anilines is 1. The van der Waals surface area contributed by atoms with Crippen molar-refractivity contribution >= 4 is 57.1 Å². The van der Waals surface area contributed by atoms with Crippen LogP contribution in [0.4, 0.5) is 23.7 Å². The number of barbiturate groups is 1. The zero-order chi connectivity index (χ0) is 22.2. The van der Waals surface area contributed by atoms with Gasteiger partial charge in [-0.1, -0.05) is 17.7 Å². The summed E-state index contributed by atoms with van der Waals surface area (Å²) in [5, 5.41) is 1.66. The van der Waals surface area contributed by atoms with E-state index in [-0.39, 0.29) is 5.02 Å². The molecule has 1 heterocycles. The molecule has 1 aliphatic rings. The molecular formula is C19H11BrClF3N2O4. The molecule has 0 radical (unpaired) electrons. The Bertz CT molecular complexity index is 1100. The van der Waals surface area contributed by atoms with Crippen molar-refractivity contribution in [3.05, 3.63) is 62.6 Å². The Morgan fingerprint density at radius 3 is 2.43 bits per heavy atom. The second-order valence-corrected chi connectivity index (χ2v) is 7.28. The molecule has 0 unspecified atom stereocenters. The smallest absolute Gasteiger partial charge is 0.416 e. The molecule has 0 bridgehead atoms. The Labute approximate surface area is 181 Å². The normalized spacial score (nSPS) is 16.1. The van der Waals surface area contributed by atoms with Crippen molar-refractivity contribution in [1.29, 1.82) is 0 Å². The maximum atomic E-state index is 13.1. The molecule has 1 saturated heterocycles. The van der Waals surface area contributed by atoms with Gasteiger partial charge < -0.3 is 4.74 Å². The molecule has 0 spiro atoms. The van der Waals surface area contributed by atoms with Gasteiger partial charge in [-0.15, -0.1) is 0 Å². The number of amides is 4. The summed E-state index contributed by atoms with van der Waals surface area (Å²) in [5.41, 5.74) is -1.65. The van der Waals surface area contributed by atoms with Gasteiger partial charge >= 0.3 is 12.2 Å². The van der Waals surface area contributed by atoms with E-state index >= 15 is 0 Å². The third-order valence-corrected chi connectivity index (χ3v) is 5.04. The number of imide groups is 2. The van der Waals surface area contributed by atoms with Crippen LogP contribution < -0.4 is 15.0 Å². The zero-order valence-electron chi connectivity index (χ0n) is 15.0. The Kier molecular flexibility index (Phi) is 5.91. The molecule has 1 aliphatic heterocycles. The third-order valence-electron chi connectivity index (χ3n) is 4.10. The number of alkyl halides is 3. The molecular weight excluding hydrogens is 493 g/mol. The number of urea groups is 1. The molecule has 2 aromatic carbocycles. The van der Waals surface area contributed by atoms with Crippen LogP contribution in [-0.4, -0.2) is 25.0 Å². The number of hydrogen-bond acceptors (Lipinski definition) is 4. The van der Waals surface area contributed by atoms with E-state index in [1.54, 1.807) is 18.2 Å². The molecule has 3 rings (SSSR count). The molecule has 0 aliphatic carbocycles. The molecule has 156 valence electrons. The van der Waals surface area contributed by atoms with E-state index in [1.165, 1.54) is 13.2 Å². The van der Waals surface area contributed by atoms with E-state index in [0.29, 0.717) is 26.8 Å². The first-order chi connectivity index (χ1) is 14.0. The molecule has 30 heavy (non-hydrogen) atoms. The Morgan fingerprint density at radius 1 is 1.13 bits per heavy atom. The van der Waals surface area contributed by atoms with Crippen molar-refractivity contribution in [2.45, 2.75) is 6.18 Å². The second-order valence-electron chi connectivity index (χ2n) is 6.02. The van der Waals surface area contributed by atoms with E-state index in [9.17, 15) is 27.6 Å². The molecule has 0 aromatic heterocycles. The van der Waals surface area contributed by atoms with Gasteiger partial charge in [0.25, 0.3) is 11.8 Å². The molecule has 1 N–H and O–H groups in total. The maximum Gasteiger partial charge on any atom is 0.416 e. The van der Waals surface area contributed by atoms with E-state index in [1.807, 2.05) is 5.32 Å². The minimum atomic E-state index is -4.72. The van der Waals surface area contributed by atoms with Gasteiger partial charge in [0, 0.05) is 0 Å². The Hall–Kier alpha value is -2.85. The molecule has 4 amide bonds. The number of nitrogens with zero attached hydrogens (tertiary/aromatic N) is 1. The Balaban J connectivity index is 2.06. The topological polar surface area (TPSA) is 75.7 Å². The Morgan fingerprint density at radius 2 is 1.83 bits per heavy atom. The predicted molar refractivity (Wildman–Crippen MR) is 106 cm³/mol. The minimum Gasteiger partial charge on any atom is -0.496 e. The summed E-state index contributed by atoms with van der Waals surface area (Å²) in [6, 6.07) is 5.68. The molecule has 0 atom stereocenters. The van der Waals surface area contributed by atoms with E-state index in [0.717, 1.165) is 12.1 Å². The fourth-order valence-corrected chi connectivity index (χ4v) is 3.44. The number of hydrogen-bond donors (Lipinski definition) is 1. The number of methoxy groups -OCH3 is 1. The van der Waals surface area contributed by atoms with Gasteiger partial charge in [-0.3, -0.25) is 14.9 Å². The lowest BCUT2D eigenvalue weighted by Gasteiger charge is -2.27. The van der Waals surface area contributed by atoms with Gasteiger partial charge in [-0.2, -0.15) is 13.2 Å². The number of rotatable bonds is 3. The van der Waals surface area contributed by atoms with Crippen molar-refractivity contribution in [1.82, 2.24) is 5.32 Å². The van der Waals surface area contributed by atoms with Crippen LogP contribution in [0.5, 0.6) is 5.75 Å². The number of nitrogens with one attached hydrogen (secondary N) is 1. The number of carbonyl (C=O) groups is 3. The van der Waals surface area contributed by atoms with Gasteiger partial charge in [0.05, 0.1) is 27.9 Å². The predicted octanol–water partition coefficient (Wildman–Crippen LogP) is 4.80. The zero-order valence-corrected chi connectivity index (χ0v) is 17.4. The highest BCUT2D eigenvalue weighted by molar-refractivity contribution is 9.10. The van der Waals surface area contributed by atoms with Crippen LogP contribution >= 0.6 is 27.5 Å². The largest absolute Gasteiger partial charge is 0.496 e. The highest BCUT2D eigenvalue weighted by Crippen LogP contribution is 2.36. The van der Waals surface area contributed by atoms with Gasteiger partial charge in [-0.25, -0.2) is 9.69 Å². The van der Waals surface area contributed by atoms with Gasteiger partial charge in [0.2, 0.25) is 0 Å². The summed E-state index contributed by atoms with van der Waals surface area (Å²) >= 11 is 9.21. The molecule has 2 aromatic rings. The quantitative estimate of drug-likeness (QED) is 0.482. The van der Waals surface area contributed by atoms with Crippen molar-refractivity contribution in [3.63, 3.8) is 0 Å². The average Bonchev–Trinajstić information content (AvgIpc) is 2.65. The van der Waals surface area contributed by atoms with Gasteiger partial charge in [0.1, 0.15) is 11.3 Å². The van der Waals surface area contributed by atoms with Crippen LogP contribution in [0.25, 0.3) is 6.08 Å². The number of halogens is 5. The molecule has 6 nitrogen and oxygen atoms in total. The van der Waals surface area contributed by atoms with Crippen molar-refractivity contribution in [3.8, 4) is 5.75 Å². The maximum absolute atomic E-state index is 13.1. The van der Waals surface area contributed by atoms with Crippen LogP contribution in [-0.2, 0) is 15.8 Å². The van der Waals surface area contributed by atoms with Gasteiger partial charge in [0.15, 0.2) is 0 Å². The first-order valence-electron chi connectivity index (χ1n) is 8.14. The second kappa shape index (κ2) is 8.11. The first-order valence-corrected chi connectivity index (χ1v) is 9.31. The fourth-order valence-electron chi connectivity index (χ4n) is 2.68. The number of benzene rings is 2. The van der Waals surface area contributed by atoms with Crippen molar-refractivity contribution in [2.24, 2.45) is 0 Å². The lowest BCUT2D eigenvalue weighted by Crippen LogP contribution is -2.54. The molecule has 1 fully saturated rings. The highest BCUT2D eigenvalue weighted by Gasteiger charge is 2.39. The number of carbonyl (C=O) groups excluding carboxylic acids is 3. The van der Waals surface area contributed by atoms with Crippen LogP contribution in [0.3, 0.4) is 0 Å². The monoisotopic (exact) mass is 502 g/mol. The van der Waals surface area contributed by atoms with Crippen molar-refractivity contribution in [2.75, 3.05) is 12.0 Å². The van der Waals surface area contributed by atoms with Crippen LogP contribution in [0.1, 0.15) is 11.1 Å².